The van der Waals surface area contributed by atoms with Gasteiger partial charge in [-0.25, -0.2) is 9.48 Å². The van der Waals surface area contributed by atoms with Gasteiger partial charge in [-0.05, 0) is 54.8 Å². The van der Waals surface area contributed by atoms with Crippen molar-refractivity contribution >= 4 is 34.9 Å². The normalized spacial score (nSPS) is 10.7. The van der Waals surface area contributed by atoms with Gasteiger partial charge in [-0.1, -0.05) is 36.7 Å². The molecule has 11 heteroatoms. The molecule has 10 nitrogen and oxygen atoms in total. The molecule has 0 saturated heterocycles. The molecule has 0 aliphatic heterocycles. The van der Waals surface area contributed by atoms with Crippen molar-refractivity contribution in [1.82, 2.24) is 14.8 Å². The van der Waals surface area contributed by atoms with E-state index in [-0.39, 0.29) is 28.6 Å². The van der Waals surface area contributed by atoms with Crippen molar-refractivity contribution in [3.8, 4) is 28.1 Å². The zero-order chi connectivity index (χ0) is 27.4. The predicted octanol–water partition coefficient (Wildman–Crippen LogP) is 4.66. The molecule has 3 amide bonds. The Hall–Kier alpha value is -4.70. The number of carbonyl (C=O) groups excluding carboxylic acids is 2. The second-order valence-electron chi connectivity index (χ2n) is 8.33. The lowest BCUT2D eigenvalue weighted by Gasteiger charge is -2.14. The third-order valence-electron chi connectivity index (χ3n) is 5.87. The van der Waals surface area contributed by atoms with E-state index in [9.17, 15) is 19.5 Å². The van der Waals surface area contributed by atoms with Gasteiger partial charge >= 0.3 is 6.03 Å². The summed E-state index contributed by atoms with van der Waals surface area (Å²) in [6.45, 7) is 3.93. The van der Waals surface area contributed by atoms with Crippen LogP contribution < -0.4 is 21.9 Å². The fourth-order valence-electron chi connectivity index (χ4n) is 3.90. The van der Waals surface area contributed by atoms with E-state index in [0.717, 1.165) is 5.56 Å². The number of hydrogen-bond donors (Lipinski definition) is 4. The SMILES string of the molecule is CCc1cncc(Cl)c1NC(=O)Nc1cc(-c2cccc(-c3cc(C(N)=O)ccc3O)c2)nn(CC)c1=O. The molecule has 194 valence electrons. The number of aromatic hydroxyl groups is 1. The molecule has 0 fully saturated rings. The van der Waals surface area contributed by atoms with E-state index >= 15 is 0 Å². The average Bonchev–Trinajstić information content (AvgIpc) is 2.91. The smallest absolute Gasteiger partial charge is 0.323 e. The average molecular weight is 533 g/mol. The molecular formula is C27H25ClN6O4. The van der Waals surface area contributed by atoms with Gasteiger partial charge in [-0.3, -0.25) is 14.6 Å². The van der Waals surface area contributed by atoms with Gasteiger partial charge in [0, 0.05) is 35.6 Å². The first-order valence-electron chi connectivity index (χ1n) is 11.8. The van der Waals surface area contributed by atoms with Crippen LogP contribution in [-0.4, -0.2) is 31.8 Å². The maximum atomic E-state index is 12.9. The fraction of sp³-hybridized carbons (Fsp3) is 0.148. The van der Waals surface area contributed by atoms with E-state index in [2.05, 4.69) is 20.7 Å². The molecule has 0 aliphatic rings. The Kier molecular flexibility index (Phi) is 7.73. The molecular weight excluding hydrogens is 508 g/mol. The third-order valence-corrected chi connectivity index (χ3v) is 6.16. The third kappa shape index (κ3) is 5.50. The maximum absolute atomic E-state index is 12.9. The van der Waals surface area contributed by atoms with Crippen molar-refractivity contribution in [2.75, 3.05) is 10.6 Å². The van der Waals surface area contributed by atoms with Crippen LogP contribution >= 0.6 is 11.6 Å². The molecule has 2 heterocycles. The zero-order valence-electron chi connectivity index (χ0n) is 20.7. The van der Waals surface area contributed by atoms with Crippen LogP contribution in [0.2, 0.25) is 5.02 Å². The van der Waals surface area contributed by atoms with Gasteiger partial charge in [-0.2, -0.15) is 5.10 Å². The van der Waals surface area contributed by atoms with Crippen molar-refractivity contribution in [3.63, 3.8) is 0 Å². The van der Waals surface area contributed by atoms with Crippen LogP contribution in [0.1, 0.15) is 29.8 Å². The Labute approximate surface area is 223 Å². The minimum atomic E-state index is -0.647. The number of rotatable bonds is 7. The monoisotopic (exact) mass is 532 g/mol. The number of pyridine rings is 1. The number of hydrogen-bond acceptors (Lipinski definition) is 6. The molecule has 0 atom stereocenters. The van der Waals surface area contributed by atoms with E-state index in [4.69, 9.17) is 17.3 Å². The Morgan fingerprint density at radius 1 is 1.05 bits per heavy atom. The van der Waals surface area contributed by atoms with Gasteiger partial charge in [0.05, 0.1) is 16.4 Å². The number of amides is 3. The molecule has 2 aromatic heterocycles. The minimum Gasteiger partial charge on any atom is -0.507 e. The number of benzene rings is 2. The number of urea groups is 1. The van der Waals surface area contributed by atoms with Gasteiger partial charge in [-0.15, -0.1) is 0 Å². The van der Waals surface area contributed by atoms with E-state index in [1.54, 1.807) is 37.4 Å². The van der Waals surface area contributed by atoms with Crippen molar-refractivity contribution < 1.29 is 14.7 Å². The van der Waals surface area contributed by atoms with Crippen molar-refractivity contribution in [3.05, 3.63) is 87.4 Å². The summed E-state index contributed by atoms with van der Waals surface area (Å²) < 4.78 is 1.24. The van der Waals surface area contributed by atoms with Crippen LogP contribution in [0.3, 0.4) is 0 Å². The molecule has 0 unspecified atom stereocenters. The highest BCUT2D eigenvalue weighted by molar-refractivity contribution is 6.33. The highest BCUT2D eigenvalue weighted by atomic mass is 35.5. The van der Waals surface area contributed by atoms with Crippen molar-refractivity contribution in [1.29, 1.82) is 0 Å². The number of halogens is 1. The van der Waals surface area contributed by atoms with E-state index < -0.39 is 17.5 Å². The summed E-state index contributed by atoms with van der Waals surface area (Å²) in [6.07, 6.45) is 3.63. The number of phenolic OH excluding ortho intramolecular Hbond substituents is 1. The van der Waals surface area contributed by atoms with Gasteiger partial charge in [0.25, 0.3) is 5.56 Å². The highest BCUT2D eigenvalue weighted by Gasteiger charge is 2.16. The van der Waals surface area contributed by atoms with Crippen LogP contribution in [-0.2, 0) is 13.0 Å². The van der Waals surface area contributed by atoms with Crippen LogP contribution in [0, 0.1) is 0 Å². The second-order valence-corrected chi connectivity index (χ2v) is 8.74. The molecule has 2 aromatic carbocycles. The molecule has 38 heavy (non-hydrogen) atoms. The predicted molar refractivity (Wildman–Crippen MR) is 146 cm³/mol. The number of aryl methyl sites for hydroxylation is 2. The number of phenols is 1. The number of aromatic nitrogens is 3. The van der Waals surface area contributed by atoms with Crippen LogP contribution in [0.4, 0.5) is 16.2 Å². The molecule has 0 spiro atoms. The van der Waals surface area contributed by atoms with Crippen LogP contribution in [0.25, 0.3) is 22.4 Å². The number of nitrogens with zero attached hydrogens (tertiary/aromatic N) is 3. The number of primary amides is 1. The molecule has 5 N–H and O–H groups in total. The lowest BCUT2D eigenvalue weighted by molar-refractivity contribution is 0.100. The fourth-order valence-corrected chi connectivity index (χ4v) is 4.13. The summed E-state index contributed by atoms with van der Waals surface area (Å²) in [5.41, 5.74) is 8.37. The summed E-state index contributed by atoms with van der Waals surface area (Å²) in [5.74, 6) is -0.647. The number of nitrogens with two attached hydrogens (primary N) is 1. The first-order valence-corrected chi connectivity index (χ1v) is 12.2. The summed E-state index contributed by atoms with van der Waals surface area (Å²) in [5, 5.41) is 20.4. The minimum absolute atomic E-state index is 0.0153. The number of nitrogens with one attached hydrogen (secondary N) is 2. The summed E-state index contributed by atoms with van der Waals surface area (Å²) in [7, 11) is 0. The van der Waals surface area contributed by atoms with E-state index in [0.29, 0.717) is 34.5 Å². The molecule has 0 saturated carbocycles. The van der Waals surface area contributed by atoms with Gasteiger partial charge in [0.15, 0.2) is 0 Å². The molecule has 0 aliphatic carbocycles. The highest BCUT2D eigenvalue weighted by Crippen LogP contribution is 2.33. The Balaban J connectivity index is 1.70. The first kappa shape index (κ1) is 26.4. The summed E-state index contributed by atoms with van der Waals surface area (Å²) >= 11 is 6.22. The largest absolute Gasteiger partial charge is 0.507 e. The van der Waals surface area contributed by atoms with Gasteiger partial charge in [0.2, 0.25) is 5.91 Å². The first-order chi connectivity index (χ1) is 18.2. The topological polar surface area (TPSA) is 152 Å². The summed E-state index contributed by atoms with van der Waals surface area (Å²) in [6, 6.07) is 12.2. The van der Waals surface area contributed by atoms with Crippen molar-refractivity contribution in [2.45, 2.75) is 26.8 Å². The van der Waals surface area contributed by atoms with Crippen LogP contribution in [0.5, 0.6) is 5.75 Å². The lowest BCUT2D eigenvalue weighted by Crippen LogP contribution is -2.30. The Morgan fingerprint density at radius 3 is 2.53 bits per heavy atom. The molecule has 4 aromatic rings. The van der Waals surface area contributed by atoms with Gasteiger partial charge < -0.3 is 21.5 Å². The second kappa shape index (κ2) is 11.1. The molecule has 4 rings (SSSR count). The zero-order valence-corrected chi connectivity index (χ0v) is 21.4. The number of carbonyl (C=O) groups is 2. The quantitative estimate of drug-likeness (QED) is 0.271. The van der Waals surface area contributed by atoms with Crippen molar-refractivity contribution in [2.24, 2.45) is 5.73 Å². The Morgan fingerprint density at radius 2 is 1.82 bits per heavy atom. The Bertz CT molecular complexity index is 1600. The van der Waals surface area contributed by atoms with E-state index in [1.807, 2.05) is 6.92 Å². The molecule has 0 radical (unpaired) electrons. The summed E-state index contributed by atoms with van der Waals surface area (Å²) in [4.78, 5) is 41.4. The van der Waals surface area contributed by atoms with Crippen LogP contribution in [0.15, 0.2) is 65.7 Å². The maximum Gasteiger partial charge on any atom is 0.323 e. The molecule has 0 bridgehead atoms. The lowest BCUT2D eigenvalue weighted by atomic mass is 9.98. The van der Waals surface area contributed by atoms with E-state index in [1.165, 1.54) is 35.1 Å². The standard InChI is InChI=1S/C27H25ClN6O4/c1-3-15-13-30-14-20(28)24(15)32-27(38)31-22-12-21(33-34(4-2)26(22)37)17-7-5-6-16(10-17)19-11-18(25(29)36)8-9-23(19)35/h5-14,35H,3-4H2,1-2H3,(H2,29,36)(H2,30,31,32,38). The van der Waals surface area contributed by atoms with Gasteiger partial charge in [0.1, 0.15) is 11.4 Å². The number of anilines is 2.